The molecule has 0 aliphatic rings. The molecule has 0 saturated carbocycles. The van der Waals surface area contributed by atoms with E-state index in [-0.39, 0.29) is 17.5 Å². The zero-order valence-electron chi connectivity index (χ0n) is 8.07. The number of hydrogen-bond donors (Lipinski definition) is 0. The topological polar surface area (TPSA) is 79.4 Å². The zero-order valence-corrected chi connectivity index (χ0v) is 8.07. The van der Waals surface area contributed by atoms with Crippen LogP contribution in [0.3, 0.4) is 0 Å². The van der Waals surface area contributed by atoms with E-state index in [1.165, 1.54) is 7.11 Å². The van der Waals surface area contributed by atoms with Crippen LogP contribution in [0, 0.1) is 11.3 Å². The van der Waals surface area contributed by atoms with Gasteiger partial charge in [0, 0.05) is 14.1 Å². The Balaban J connectivity index is 3.15. The van der Waals surface area contributed by atoms with Gasteiger partial charge in [-0.2, -0.15) is 10.2 Å². The zero-order chi connectivity index (χ0) is 10.7. The summed E-state index contributed by atoms with van der Waals surface area (Å²) in [6, 6.07) is 1.82. The molecule has 0 bridgehead atoms. The first kappa shape index (κ1) is 10.1. The Morgan fingerprint density at radius 2 is 2.29 bits per heavy atom. The third kappa shape index (κ3) is 1.66. The summed E-state index contributed by atoms with van der Waals surface area (Å²) in [6.45, 7) is 0. The van der Waals surface area contributed by atoms with Crippen LogP contribution in [0.1, 0.15) is 16.4 Å². The molecule has 0 amide bonds. The van der Waals surface area contributed by atoms with Crippen molar-refractivity contribution in [3.05, 3.63) is 11.6 Å². The normalized spacial score (nSPS) is 9.29. The summed E-state index contributed by atoms with van der Waals surface area (Å²) in [5, 5.41) is 8.68. The van der Waals surface area contributed by atoms with Crippen LogP contribution < -0.4 is 4.90 Å². The Bertz CT molecular complexity index is 389. The minimum Gasteiger partial charge on any atom is -0.462 e. The van der Waals surface area contributed by atoms with Gasteiger partial charge in [-0.15, -0.1) is 0 Å². The van der Waals surface area contributed by atoms with Gasteiger partial charge < -0.3 is 14.1 Å². The van der Waals surface area contributed by atoms with E-state index in [9.17, 15) is 4.79 Å². The quantitative estimate of drug-likeness (QED) is 0.635. The van der Waals surface area contributed by atoms with Crippen molar-refractivity contribution < 1.29 is 13.9 Å². The summed E-state index contributed by atoms with van der Waals surface area (Å²) in [6.07, 6.45) is 0. The van der Waals surface area contributed by atoms with Crippen molar-refractivity contribution in [3.8, 4) is 6.07 Å². The average Bonchev–Trinajstić information content (AvgIpc) is 2.60. The highest BCUT2D eigenvalue weighted by Gasteiger charge is 2.20. The monoisotopic (exact) mass is 195 g/mol. The summed E-state index contributed by atoms with van der Waals surface area (Å²) < 4.78 is 9.44. The molecule has 0 N–H and O–H groups in total. The molecule has 1 aromatic rings. The summed E-state index contributed by atoms with van der Waals surface area (Å²) in [5.74, 6) is -0.671. The molecule has 1 heterocycles. The van der Waals surface area contributed by atoms with Gasteiger partial charge in [0.2, 0.25) is 11.6 Å². The number of hydrogen-bond acceptors (Lipinski definition) is 6. The second kappa shape index (κ2) is 3.79. The molecule has 1 aromatic heterocycles. The van der Waals surface area contributed by atoms with Gasteiger partial charge in [-0.05, 0) is 0 Å². The van der Waals surface area contributed by atoms with Crippen LogP contribution in [0.2, 0.25) is 0 Å². The van der Waals surface area contributed by atoms with Gasteiger partial charge in [0.25, 0.3) is 0 Å². The molecule has 74 valence electrons. The molecular weight excluding hydrogens is 186 g/mol. The standard InChI is InChI=1S/C8H9N3O3/c1-11(2)7-5(4-9)10-6(14-7)8(12)13-3/h1-3H3. The highest BCUT2D eigenvalue weighted by atomic mass is 16.5. The van der Waals surface area contributed by atoms with Gasteiger partial charge in [0.05, 0.1) is 7.11 Å². The molecule has 0 radical (unpaired) electrons. The van der Waals surface area contributed by atoms with Crippen molar-refractivity contribution in [1.82, 2.24) is 4.98 Å². The SMILES string of the molecule is COC(=O)c1nc(C#N)c(N(C)C)o1. The first-order valence-corrected chi connectivity index (χ1v) is 3.76. The molecule has 6 nitrogen and oxygen atoms in total. The smallest absolute Gasteiger partial charge is 0.394 e. The van der Waals surface area contributed by atoms with Crippen LogP contribution in [0.15, 0.2) is 4.42 Å². The van der Waals surface area contributed by atoms with Gasteiger partial charge in [-0.3, -0.25) is 0 Å². The van der Waals surface area contributed by atoms with Crippen molar-refractivity contribution in [3.63, 3.8) is 0 Å². The van der Waals surface area contributed by atoms with Crippen LogP contribution in [0.4, 0.5) is 5.88 Å². The van der Waals surface area contributed by atoms with E-state index >= 15 is 0 Å². The lowest BCUT2D eigenvalue weighted by Gasteiger charge is -2.05. The van der Waals surface area contributed by atoms with E-state index in [4.69, 9.17) is 9.68 Å². The third-order valence-corrected chi connectivity index (χ3v) is 1.48. The first-order chi connectivity index (χ1) is 6.60. The lowest BCUT2D eigenvalue weighted by molar-refractivity contribution is 0.0557. The maximum atomic E-state index is 11.0. The highest BCUT2D eigenvalue weighted by Crippen LogP contribution is 2.19. The number of esters is 1. The molecule has 0 saturated heterocycles. The van der Waals surface area contributed by atoms with Gasteiger partial charge in [0.15, 0.2) is 0 Å². The molecule has 0 aliphatic heterocycles. The number of nitriles is 1. The van der Waals surface area contributed by atoms with Crippen LogP contribution >= 0.6 is 0 Å². The largest absolute Gasteiger partial charge is 0.462 e. The summed E-state index contributed by atoms with van der Waals surface area (Å²) >= 11 is 0. The molecule has 0 aromatic carbocycles. The molecule has 0 unspecified atom stereocenters. The van der Waals surface area contributed by atoms with Crippen LogP contribution in [0.25, 0.3) is 0 Å². The molecule has 6 heteroatoms. The molecule has 0 spiro atoms. The Kier molecular flexibility index (Phi) is 2.72. The van der Waals surface area contributed by atoms with E-state index in [1.54, 1.807) is 19.0 Å². The van der Waals surface area contributed by atoms with Gasteiger partial charge >= 0.3 is 11.9 Å². The number of ether oxygens (including phenoxy) is 1. The molecule has 0 fully saturated rings. The van der Waals surface area contributed by atoms with Crippen molar-refractivity contribution >= 4 is 11.9 Å². The Morgan fingerprint density at radius 1 is 1.64 bits per heavy atom. The van der Waals surface area contributed by atoms with Crippen LogP contribution in [-0.2, 0) is 4.74 Å². The van der Waals surface area contributed by atoms with Gasteiger partial charge in [-0.25, -0.2) is 4.79 Å². The lowest BCUT2D eigenvalue weighted by atomic mass is 10.5. The number of oxazole rings is 1. The fourth-order valence-corrected chi connectivity index (χ4v) is 0.863. The fraction of sp³-hybridized carbons (Fsp3) is 0.375. The number of rotatable bonds is 2. The van der Waals surface area contributed by atoms with Crippen LogP contribution in [0.5, 0.6) is 0 Å². The summed E-state index contributed by atoms with van der Waals surface area (Å²) in [7, 11) is 4.58. The van der Waals surface area contributed by atoms with Gasteiger partial charge in [-0.1, -0.05) is 0 Å². The van der Waals surface area contributed by atoms with Crippen molar-refractivity contribution in [1.29, 1.82) is 5.26 Å². The predicted octanol–water partition coefficient (Wildman–Crippen LogP) is 0.399. The second-order valence-corrected chi connectivity index (χ2v) is 2.67. The van der Waals surface area contributed by atoms with E-state index < -0.39 is 5.97 Å². The molecule has 14 heavy (non-hydrogen) atoms. The number of carbonyl (C=O) groups is 1. The number of aromatic nitrogens is 1. The van der Waals surface area contributed by atoms with E-state index in [0.29, 0.717) is 0 Å². The maximum Gasteiger partial charge on any atom is 0.394 e. The third-order valence-electron chi connectivity index (χ3n) is 1.48. The molecular formula is C8H9N3O3. The predicted molar refractivity (Wildman–Crippen MR) is 46.9 cm³/mol. The van der Waals surface area contributed by atoms with E-state index in [2.05, 4.69) is 9.72 Å². The Hall–Kier alpha value is -2.03. The maximum absolute atomic E-state index is 11.0. The van der Waals surface area contributed by atoms with Gasteiger partial charge in [0.1, 0.15) is 6.07 Å². The average molecular weight is 195 g/mol. The van der Waals surface area contributed by atoms with E-state index in [0.717, 1.165) is 0 Å². The molecule has 0 atom stereocenters. The highest BCUT2D eigenvalue weighted by molar-refractivity contribution is 5.84. The Labute approximate surface area is 80.7 Å². The first-order valence-electron chi connectivity index (χ1n) is 3.76. The molecule has 1 rings (SSSR count). The summed E-state index contributed by atoms with van der Waals surface area (Å²) in [5.41, 5.74) is 0.0652. The molecule has 0 aliphatic carbocycles. The lowest BCUT2D eigenvalue weighted by Crippen LogP contribution is -2.08. The fourth-order valence-electron chi connectivity index (χ4n) is 0.863. The minimum absolute atomic E-state index is 0.0652. The second-order valence-electron chi connectivity index (χ2n) is 2.67. The van der Waals surface area contributed by atoms with E-state index in [1.807, 2.05) is 6.07 Å². The number of anilines is 1. The summed E-state index contributed by atoms with van der Waals surface area (Å²) in [4.78, 5) is 16.2. The number of carbonyl (C=O) groups excluding carboxylic acids is 1. The van der Waals surface area contributed by atoms with Crippen molar-refractivity contribution in [2.45, 2.75) is 0 Å². The van der Waals surface area contributed by atoms with Crippen molar-refractivity contribution in [2.24, 2.45) is 0 Å². The Morgan fingerprint density at radius 3 is 2.64 bits per heavy atom. The number of nitrogens with zero attached hydrogens (tertiary/aromatic N) is 3. The van der Waals surface area contributed by atoms with Crippen LogP contribution in [-0.4, -0.2) is 32.2 Å². The minimum atomic E-state index is -0.699. The number of methoxy groups -OCH3 is 1. The van der Waals surface area contributed by atoms with Crippen molar-refractivity contribution in [2.75, 3.05) is 26.1 Å².